The van der Waals surface area contributed by atoms with Gasteiger partial charge in [-0.05, 0) is 41.1 Å². The molecule has 5 heteroatoms. The number of ether oxygens (including phenoxy) is 1. The first-order valence-electron chi connectivity index (χ1n) is 4.68. The number of hydrogen-bond donors (Lipinski definition) is 0. The van der Waals surface area contributed by atoms with Crippen LogP contribution in [0.2, 0.25) is 0 Å². The van der Waals surface area contributed by atoms with Gasteiger partial charge < -0.3 is 4.74 Å². The van der Waals surface area contributed by atoms with Crippen molar-refractivity contribution in [3.8, 4) is 0 Å². The number of carbonyl (C=O) groups excluding carboxylic acids is 2. The van der Waals surface area contributed by atoms with E-state index in [1.807, 2.05) is 0 Å². The van der Waals surface area contributed by atoms with Crippen molar-refractivity contribution in [2.45, 2.75) is 13.3 Å². The third kappa shape index (κ3) is 3.41. The zero-order valence-corrected chi connectivity index (χ0v) is 10.2. The summed E-state index contributed by atoms with van der Waals surface area (Å²) in [6, 6.07) is 3.68. The van der Waals surface area contributed by atoms with Crippen LogP contribution in [0.4, 0.5) is 4.39 Å². The average Bonchev–Trinajstić information content (AvgIpc) is 2.17. The zero-order chi connectivity index (χ0) is 12.1. The summed E-state index contributed by atoms with van der Waals surface area (Å²) in [4.78, 5) is 22.7. The summed E-state index contributed by atoms with van der Waals surface area (Å²) in [6.07, 6.45) is -0.335. The van der Waals surface area contributed by atoms with Gasteiger partial charge in [-0.3, -0.25) is 9.59 Å². The minimum absolute atomic E-state index is 0.233. The van der Waals surface area contributed by atoms with Crippen LogP contribution in [0.15, 0.2) is 22.7 Å². The minimum atomic E-state index is -0.580. The molecule has 0 amide bonds. The molecule has 86 valence electrons. The van der Waals surface area contributed by atoms with Gasteiger partial charge in [0.15, 0.2) is 5.78 Å². The van der Waals surface area contributed by atoms with Crippen LogP contribution < -0.4 is 0 Å². The number of halogens is 2. The Morgan fingerprint density at radius 1 is 1.44 bits per heavy atom. The molecule has 0 radical (unpaired) electrons. The molecule has 0 atom stereocenters. The van der Waals surface area contributed by atoms with Gasteiger partial charge >= 0.3 is 5.97 Å². The Hall–Kier alpha value is -1.23. The van der Waals surface area contributed by atoms with E-state index in [0.717, 1.165) is 0 Å². The smallest absolute Gasteiger partial charge is 0.313 e. The van der Waals surface area contributed by atoms with Gasteiger partial charge in [-0.15, -0.1) is 0 Å². The monoisotopic (exact) mass is 288 g/mol. The van der Waals surface area contributed by atoms with Crippen LogP contribution in [0.3, 0.4) is 0 Å². The summed E-state index contributed by atoms with van der Waals surface area (Å²) in [6.45, 7) is 1.90. The van der Waals surface area contributed by atoms with Crippen LogP contribution in [0.5, 0.6) is 0 Å². The molecule has 1 aromatic rings. The first-order chi connectivity index (χ1) is 7.54. The molecular weight excluding hydrogens is 279 g/mol. The maximum absolute atomic E-state index is 12.8. The van der Waals surface area contributed by atoms with Gasteiger partial charge in [0.05, 0.1) is 6.61 Å². The minimum Gasteiger partial charge on any atom is -0.466 e. The zero-order valence-electron chi connectivity index (χ0n) is 8.63. The lowest BCUT2D eigenvalue weighted by molar-refractivity contribution is -0.141. The highest BCUT2D eigenvalue weighted by Gasteiger charge is 2.15. The number of benzene rings is 1. The van der Waals surface area contributed by atoms with E-state index >= 15 is 0 Å². The molecule has 0 saturated carbocycles. The van der Waals surface area contributed by atoms with Crippen molar-refractivity contribution in [2.24, 2.45) is 0 Å². The summed E-state index contributed by atoms with van der Waals surface area (Å²) >= 11 is 3.06. The fourth-order valence-electron chi connectivity index (χ4n) is 1.15. The lowest BCUT2D eigenvalue weighted by atomic mass is 10.1. The molecule has 0 N–H and O–H groups in total. The third-order valence-corrected chi connectivity index (χ3v) is 2.50. The molecule has 0 bridgehead atoms. The molecule has 0 aliphatic heterocycles. The molecule has 0 heterocycles. The third-order valence-electron chi connectivity index (χ3n) is 1.84. The summed E-state index contributed by atoms with van der Waals surface area (Å²) in [5.41, 5.74) is 0.273. The molecule has 0 aliphatic rings. The van der Waals surface area contributed by atoms with Gasteiger partial charge in [-0.1, -0.05) is 0 Å². The predicted octanol–water partition coefficient (Wildman–Crippen LogP) is 2.72. The number of carbonyl (C=O) groups is 2. The molecule has 0 saturated heterocycles. The molecule has 0 unspecified atom stereocenters. The van der Waals surface area contributed by atoms with Crippen LogP contribution in [0.25, 0.3) is 0 Å². The summed E-state index contributed by atoms with van der Waals surface area (Å²) in [5, 5.41) is 0. The van der Waals surface area contributed by atoms with Crippen LogP contribution in [0.1, 0.15) is 23.7 Å². The molecule has 3 nitrogen and oxygen atoms in total. The van der Waals surface area contributed by atoms with Crippen molar-refractivity contribution in [1.29, 1.82) is 0 Å². The predicted molar refractivity (Wildman–Crippen MR) is 59.7 cm³/mol. The van der Waals surface area contributed by atoms with E-state index in [2.05, 4.69) is 20.7 Å². The van der Waals surface area contributed by atoms with E-state index in [-0.39, 0.29) is 18.6 Å². The average molecular weight is 289 g/mol. The SMILES string of the molecule is CCOC(=O)CC(=O)c1ccc(F)cc1Br. The summed E-state index contributed by atoms with van der Waals surface area (Å²) in [5.74, 6) is -1.42. The Morgan fingerprint density at radius 3 is 2.69 bits per heavy atom. The maximum atomic E-state index is 12.8. The molecule has 1 aromatic carbocycles. The highest BCUT2D eigenvalue weighted by atomic mass is 79.9. The van der Waals surface area contributed by atoms with E-state index in [9.17, 15) is 14.0 Å². The Bertz CT molecular complexity index is 418. The first-order valence-corrected chi connectivity index (χ1v) is 5.47. The second-order valence-electron chi connectivity index (χ2n) is 3.03. The number of hydrogen-bond acceptors (Lipinski definition) is 3. The fourth-order valence-corrected chi connectivity index (χ4v) is 1.73. The van der Waals surface area contributed by atoms with Gasteiger partial charge in [0.2, 0.25) is 0 Å². The molecule has 0 aliphatic carbocycles. The number of rotatable bonds is 4. The van der Waals surface area contributed by atoms with Crippen molar-refractivity contribution >= 4 is 27.7 Å². The summed E-state index contributed by atoms with van der Waals surface area (Å²) in [7, 11) is 0. The standard InChI is InChI=1S/C11H10BrFO3/c1-2-16-11(15)6-10(14)8-4-3-7(13)5-9(8)12/h3-5H,2,6H2,1H3. The Labute approximate surface area is 101 Å². The number of esters is 1. The van der Waals surface area contributed by atoms with Crippen molar-refractivity contribution in [1.82, 2.24) is 0 Å². The highest BCUT2D eigenvalue weighted by molar-refractivity contribution is 9.10. The van der Waals surface area contributed by atoms with Crippen LogP contribution in [-0.4, -0.2) is 18.4 Å². The topological polar surface area (TPSA) is 43.4 Å². The second kappa shape index (κ2) is 5.75. The normalized spacial score (nSPS) is 9.94. The fraction of sp³-hybridized carbons (Fsp3) is 0.273. The maximum Gasteiger partial charge on any atom is 0.313 e. The molecule has 16 heavy (non-hydrogen) atoms. The molecule has 0 spiro atoms. The molecule has 0 fully saturated rings. The Kier molecular flexibility index (Phi) is 4.61. The lowest BCUT2D eigenvalue weighted by Crippen LogP contribution is -2.11. The van der Waals surface area contributed by atoms with Gasteiger partial charge in [0, 0.05) is 10.0 Å². The Balaban J connectivity index is 2.77. The molecule has 0 aromatic heterocycles. The van der Waals surface area contributed by atoms with E-state index in [4.69, 9.17) is 0 Å². The van der Waals surface area contributed by atoms with Crippen LogP contribution in [-0.2, 0) is 9.53 Å². The largest absolute Gasteiger partial charge is 0.466 e. The number of ketones is 1. The molecule has 1 rings (SSSR count). The van der Waals surface area contributed by atoms with Gasteiger partial charge in [-0.2, -0.15) is 0 Å². The molecular formula is C11H10BrFO3. The Morgan fingerprint density at radius 2 is 2.12 bits per heavy atom. The van der Waals surface area contributed by atoms with Gasteiger partial charge in [0.1, 0.15) is 12.2 Å². The first kappa shape index (κ1) is 12.8. The van der Waals surface area contributed by atoms with Crippen molar-refractivity contribution in [2.75, 3.05) is 6.61 Å². The van der Waals surface area contributed by atoms with Crippen molar-refractivity contribution < 1.29 is 18.7 Å². The van der Waals surface area contributed by atoms with E-state index in [1.54, 1.807) is 6.92 Å². The van der Waals surface area contributed by atoms with Gasteiger partial charge in [-0.25, -0.2) is 4.39 Å². The number of Topliss-reactive ketones (excluding diaryl/α,β-unsaturated/α-hetero) is 1. The van der Waals surface area contributed by atoms with Crippen molar-refractivity contribution in [3.63, 3.8) is 0 Å². The summed E-state index contributed by atoms with van der Waals surface area (Å²) < 4.78 is 17.7. The van der Waals surface area contributed by atoms with Crippen LogP contribution in [0, 0.1) is 5.82 Å². The highest BCUT2D eigenvalue weighted by Crippen LogP contribution is 2.19. The van der Waals surface area contributed by atoms with E-state index < -0.39 is 17.6 Å². The second-order valence-corrected chi connectivity index (χ2v) is 3.88. The van der Waals surface area contributed by atoms with Crippen molar-refractivity contribution in [3.05, 3.63) is 34.1 Å². The lowest BCUT2D eigenvalue weighted by Gasteiger charge is -2.03. The van der Waals surface area contributed by atoms with E-state index in [0.29, 0.717) is 4.47 Å². The van der Waals surface area contributed by atoms with Crippen LogP contribution >= 0.6 is 15.9 Å². The van der Waals surface area contributed by atoms with Gasteiger partial charge in [0.25, 0.3) is 0 Å². The van der Waals surface area contributed by atoms with E-state index in [1.165, 1.54) is 18.2 Å². The quantitative estimate of drug-likeness (QED) is 0.486.